The van der Waals surface area contributed by atoms with Crippen LogP contribution < -0.4 is 0 Å². The largest absolute Gasteiger partial charge is 0.337 e. The Labute approximate surface area is 125 Å². The van der Waals surface area contributed by atoms with Gasteiger partial charge in [0.2, 0.25) is 5.78 Å². The number of nitrogens with zero attached hydrogens (tertiary/aromatic N) is 3. The molecule has 2 aromatic heterocycles. The molecule has 0 aliphatic heterocycles. The highest BCUT2D eigenvalue weighted by Crippen LogP contribution is 2.23. The summed E-state index contributed by atoms with van der Waals surface area (Å²) < 4.78 is 1.68. The fourth-order valence-electron chi connectivity index (χ4n) is 2.28. The molecule has 0 bridgehead atoms. The Bertz CT molecular complexity index is 842. The van der Waals surface area contributed by atoms with E-state index in [9.17, 15) is 9.59 Å². The minimum Gasteiger partial charge on any atom is -0.337 e. The molecule has 0 fully saturated rings. The van der Waals surface area contributed by atoms with E-state index in [1.54, 1.807) is 16.8 Å². The van der Waals surface area contributed by atoms with Crippen molar-refractivity contribution < 1.29 is 9.59 Å². The first-order valence-electron chi connectivity index (χ1n) is 6.23. The molecule has 0 radical (unpaired) electrons. The van der Waals surface area contributed by atoms with Gasteiger partial charge in [-0.3, -0.25) is 14.6 Å². The van der Waals surface area contributed by atoms with Crippen LogP contribution in [0.4, 0.5) is 0 Å². The van der Waals surface area contributed by atoms with E-state index in [0.717, 1.165) is 10.8 Å². The maximum atomic E-state index is 11.9. The lowest BCUT2D eigenvalue weighted by Gasteiger charge is -2.07. The van der Waals surface area contributed by atoms with Crippen LogP contribution in [0.25, 0.3) is 10.8 Å². The number of carbonyl (C=O) groups is 2. The monoisotopic (exact) mass is 299 g/mol. The highest BCUT2D eigenvalue weighted by atomic mass is 35.5. The number of carbonyl (C=O) groups excluding carboxylic acids is 2. The Balaban J connectivity index is 2.16. The van der Waals surface area contributed by atoms with Crippen LogP contribution in [-0.2, 0) is 11.3 Å². The normalized spacial score (nSPS) is 10.7. The van der Waals surface area contributed by atoms with Gasteiger partial charge in [-0.05, 0) is 0 Å². The van der Waals surface area contributed by atoms with Gasteiger partial charge in [-0.1, -0.05) is 35.9 Å². The molecule has 0 aliphatic rings. The van der Waals surface area contributed by atoms with E-state index in [1.807, 2.05) is 18.2 Å². The summed E-state index contributed by atoms with van der Waals surface area (Å²) in [5.74, 6) is -0.573. The molecular formula is C15H10ClN3O2. The van der Waals surface area contributed by atoms with Crippen molar-refractivity contribution in [3.63, 3.8) is 0 Å². The quantitative estimate of drug-likeness (QED) is 0.422. The molecule has 0 saturated carbocycles. The summed E-state index contributed by atoms with van der Waals surface area (Å²) in [6.07, 6.45) is 5.15. The summed E-state index contributed by atoms with van der Waals surface area (Å²) in [5.41, 5.74) is 0.877. The molecule has 0 atom stereocenters. The molecule has 5 nitrogen and oxygen atoms in total. The number of hydrogen-bond donors (Lipinski definition) is 0. The van der Waals surface area contributed by atoms with Gasteiger partial charge in [-0.15, -0.1) is 0 Å². The molecule has 3 rings (SSSR count). The number of benzene rings is 1. The number of Topliss-reactive ketones (excluding diaryl/α,β-unsaturated/α-hetero) is 1. The van der Waals surface area contributed by atoms with Gasteiger partial charge < -0.3 is 4.57 Å². The number of ketones is 1. The van der Waals surface area contributed by atoms with Crippen molar-refractivity contribution in [1.82, 2.24) is 14.5 Å². The van der Waals surface area contributed by atoms with E-state index in [2.05, 4.69) is 9.97 Å². The highest BCUT2D eigenvalue weighted by Gasteiger charge is 2.17. The van der Waals surface area contributed by atoms with Crippen molar-refractivity contribution in [3.8, 4) is 0 Å². The molecule has 1 aromatic carbocycles. The minimum absolute atomic E-state index is 0.274. The van der Waals surface area contributed by atoms with Gasteiger partial charge in [0.1, 0.15) is 5.69 Å². The van der Waals surface area contributed by atoms with Crippen molar-refractivity contribution in [1.29, 1.82) is 0 Å². The second-order valence-electron chi connectivity index (χ2n) is 4.47. The zero-order valence-electron chi connectivity index (χ0n) is 10.9. The van der Waals surface area contributed by atoms with Gasteiger partial charge in [-0.2, -0.15) is 0 Å². The number of aldehydes is 1. The Morgan fingerprint density at radius 1 is 1.24 bits per heavy atom. The summed E-state index contributed by atoms with van der Waals surface area (Å²) in [7, 11) is 0. The molecule has 21 heavy (non-hydrogen) atoms. The summed E-state index contributed by atoms with van der Waals surface area (Å²) in [6.45, 7) is 0.274. The lowest BCUT2D eigenvalue weighted by atomic mass is 10.1. The Kier molecular flexibility index (Phi) is 3.50. The standard InChI is InChI=1S/C15H10ClN3O2/c16-15-12(17-5-6-18-15)8-19-7-10-3-1-2-4-11(10)14(19)13(21)9-20/h1-7,9H,8H2. The Morgan fingerprint density at radius 2 is 2.00 bits per heavy atom. The van der Waals surface area contributed by atoms with Crippen LogP contribution in [0.15, 0.2) is 42.9 Å². The number of aromatic nitrogens is 3. The van der Waals surface area contributed by atoms with Gasteiger partial charge >= 0.3 is 0 Å². The topological polar surface area (TPSA) is 64.8 Å². The summed E-state index contributed by atoms with van der Waals surface area (Å²) >= 11 is 6.00. The van der Waals surface area contributed by atoms with Crippen molar-refractivity contribution in [2.24, 2.45) is 0 Å². The lowest BCUT2D eigenvalue weighted by molar-refractivity contribution is -0.104. The molecule has 104 valence electrons. The molecular weight excluding hydrogens is 290 g/mol. The van der Waals surface area contributed by atoms with E-state index in [1.165, 1.54) is 12.4 Å². The number of hydrogen-bond acceptors (Lipinski definition) is 4. The maximum Gasteiger partial charge on any atom is 0.242 e. The summed E-state index contributed by atoms with van der Waals surface area (Å²) in [6, 6.07) is 7.38. The molecule has 0 N–H and O–H groups in total. The Hall–Kier alpha value is -2.53. The molecule has 0 aliphatic carbocycles. The fraction of sp³-hybridized carbons (Fsp3) is 0.0667. The van der Waals surface area contributed by atoms with Crippen LogP contribution in [0.3, 0.4) is 0 Å². The first-order valence-corrected chi connectivity index (χ1v) is 6.61. The molecule has 0 spiro atoms. The molecule has 6 heteroatoms. The first-order chi connectivity index (χ1) is 10.2. The van der Waals surface area contributed by atoms with E-state index in [-0.39, 0.29) is 11.7 Å². The van der Waals surface area contributed by atoms with E-state index in [4.69, 9.17) is 11.6 Å². The number of rotatable bonds is 4. The molecule has 0 unspecified atom stereocenters. The third kappa shape index (κ3) is 2.43. The average Bonchev–Trinajstić information content (AvgIpc) is 2.87. The fourth-order valence-corrected chi connectivity index (χ4v) is 2.45. The third-order valence-corrected chi connectivity index (χ3v) is 3.50. The lowest BCUT2D eigenvalue weighted by Crippen LogP contribution is -2.11. The first kappa shape index (κ1) is 13.5. The van der Waals surface area contributed by atoms with Crippen LogP contribution in [0.5, 0.6) is 0 Å². The summed E-state index contributed by atoms with van der Waals surface area (Å²) in [5, 5.41) is 1.89. The van der Waals surface area contributed by atoms with Crippen LogP contribution in [0.1, 0.15) is 16.2 Å². The van der Waals surface area contributed by atoms with Gasteiger partial charge in [0.15, 0.2) is 11.4 Å². The van der Waals surface area contributed by atoms with Crippen molar-refractivity contribution in [2.45, 2.75) is 6.54 Å². The molecule has 0 saturated heterocycles. The van der Waals surface area contributed by atoms with E-state index >= 15 is 0 Å². The van der Waals surface area contributed by atoms with Gasteiger partial charge in [0.05, 0.1) is 12.2 Å². The SMILES string of the molecule is O=CC(=O)c1c2ccccc2cn1Cc1nccnc1Cl. The van der Waals surface area contributed by atoms with Crippen LogP contribution in [0, 0.1) is 0 Å². The summed E-state index contributed by atoms with van der Waals surface area (Å²) in [4.78, 5) is 30.9. The van der Waals surface area contributed by atoms with E-state index in [0.29, 0.717) is 17.7 Å². The average molecular weight is 300 g/mol. The predicted molar refractivity (Wildman–Crippen MR) is 78.5 cm³/mol. The van der Waals surface area contributed by atoms with Gasteiger partial charge in [0.25, 0.3) is 0 Å². The third-order valence-electron chi connectivity index (χ3n) is 3.18. The van der Waals surface area contributed by atoms with Crippen molar-refractivity contribution in [2.75, 3.05) is 0 Å². The maximum absolute atomic E-state index is 11.9. The number of fused-ring (bicyclic) bond motifs is 1. The zero-order chi connectivity index (χ0) is 14.8. The van der Waals surface area contributed by atoms with Crippen molar-refractivity contribution in [3.05, 3.63) is 59.4 Å². The van der Waals surface area contributed by atoms with Gasteiger partial charge in [0, 0.05) is 29.4 Å². The minimum atomic E-state index is -0.573. The molecule has 0 amide bonds. The molecule has 3 aromatic rings. The Morgan fingerprint density at radius 3 is 2.76 bits per heavy atom. The second-order valence-corrected chi connectivity index (χ2v) is 4.83. The zero-order valence-corrected chi connectivity index (χ0v) is 11.6. The second kappa shape index (κ2) is 5.46. The van der Waals surface area contributed by atoms with Crippen molar-refractivity contribution >= 4 is 34.4 Å². The smallest absolute Gasteiger partial charge is 0.242 e. The van der Waals surface area contributed by atoms with Crippen LogP contribution >= 0.6 is 11.6 Å². The molecule has 2 heterocycles. The van der Waals surface area contributed by atoms with Gasteiger partial charge in [-0.25, -0.2) is 4.98 Å². The number of halogens is 1. The highest BCUT2D eigenvalue weighted by molar-refractivity contribution is 6.35. The van der Waals surface area contributed by atoms with Crippen LogP contribution in [-0.4, -0.2) is 26.6 Å². The van der Waals surface area contributed by atoms with E-state index < -0.39 is 5.78 Å². The van der Waals surface area contributed by atoms with Crippen LogP contribution in [0.2, 0.25) is 5.15 Å². The predicted octanol–water partition coefficient (Wildman–Crippen LogP) is 2.51.